The summed E-state index contributed by atoms with van der Waals surface area (Å²) in [6, 6.07) is 9.80. The van der Waals surface area contributed by atoms with Crippen LogP contribution in [0.4, 0.5) is 0 Å². The normalized spacial score (nSPS) is 14.2. The number of ether oxygens (including phenoxy) is 2. The molecule has 0 fully saturated rings. The average molecular weight is 458 g/mol. The van der Waals surface area contributed by atoms with Crippen LogP contribution in [0.15, 0.2) is 56.6 Å². The lowest BCUT2D eigenvalue weighted by Crippen LogP contribution is -2.39. The predicted octanol–water partition coefficient (Wildman–Crippen LogP) is 2.70. The van der Waals surface area contributed by atoms with Gasteiger partial charge in [0, 0.05) is 17.0 Å². The third-order valence-corrected chi connectivity index (χ3v) is 7.02. The number of rotatable bonds is 7. The number of hydrogen-bond donors (Lipinski definition) is 1. The van der Waals surface area contributed by atoms with Gasteiger partial charge in [-0.25, -0.2) is 13.2 Å². The minimum Gasteiger partial charge on any atom is -0.497 e. The van der Waals surface area contributed by atoms with E-state index in [0.29, 0.717) is 22.3 Å². The second kappa shape index (κ2) is 8.76. The SMILES string of the molecule is COc1ccc(S(=O)(=O)N[C@@H](C)C(=O)OCc2cc(=O)oc3cc4c(cc23)CCC4)cc1. The lowest BCUT2D eigenvalue weighted by Gasteiger charge is -2.15. The number of carbonyl (C=O) groups excluding carboxylic acids is 1. The third-order valence-electron chi connectivity index (χ3n) is 5.47. The second-order valence-electron chi connectivity index (χ2n) is 7.69. The first-order chi connectivity index (χ1) is 15.3. The largest absolute Gasteiger partial charge is 0.497 e. The highest BCUT2D eigenvalue weighted by Gasteiger charge is 2.24. The van der Waals surface area contributed by atoms with Crippen molar-refractivity contribution in [2.45, 2.75) is 43.7 Å². The molecule has 0 aliphatic heterocycles. The Bertz CT molecular complexity index is 1330. The number of esters is 1. The van der Waals surface area contributed by atoms with E-state index < -0.39 is 27.7 Å². The van der Waals surface area contributed by atoms with Crippen LogP contribution in [0.5, 0.6) is 5.75 Å². The molecule has 0 radical (unpaired) electrons. The molecule has 0 spiro atoms. The molecular formula is C23H23NO7S. The molecule has 3 aromatic rings. The minimum atomic E-state index is -3.93. The summed E-state index contributed by atoms with van der Waals surface area (Å²) in [5, 5.41) is 0.713. The first kappa shape index (κ1) is 22.0. The lowest BCUT2D eigenvalue weighted by atomic mass is 10.0. The quantitative estimate of drug-likeness (QED) is 0.429. The van der Waals surface area contributed by atoms with Gasteiger partial charge in [0.05, 0.1) is 12.0 Å². The van der Waals surface area contributed by atoms with Gasteiger partial charge in [-0.1, -0.05) is 0 Å². The maximum atomic E-state index is 12.5. The molecule has 168 valence electrons. The number of hydrogen-bond acceptors (Lipinski definition) is 7. The molecule has 9 heteroatoms. The van der Waals surface area contributed by atoms with Crippen molar-refractivity contribution >= 4 is 27.0 Å². The summed E-state index contributed by atoms with van der Waals surface area (Å²) in [5.41, 5.74) is 2.80. The van der Waals surface area contributed by atoms with Crippen LogP contribution in [0.2, 0.25) is 0 Å². The Kier molecular flexibility index (Phi) is 6.03. The lowest BCUT2D eigenvalue weighted by molar-refractivity contribution is -0.146. The number of sulfonamides is 1. The fraction of sp³-hybridized carbons (Fsp3) is 0.304. The predicted molar refractivity (Wildman–Crippen MR) is 117 cm³/mol. The van der Waals surface area contributed by atoms with Gasteiger partial charge in [0.2, 0.25) is 10.0 Å². The molecule has 2 aromatic carbocycles. The smallest absolute Gasteiger partial charge is 0.336 e. The number of aryl methyl sites for hydroxylation is 2. The molecule has 1 aliphatic rings. The first-order valence-corrected chi connectivity index (χ1v) is 11.7. The van der Waals surface area contributed by atoms with Crippen LogP contribution in [0.3, 0.4) is 0 Å². The Morgan fingerprint density at radius 1 is 1.12 bits per heavy atom. The molecule has 0 amide bonds. The number of carbonyl (C=O) groups is 1. The van der Waals surface area contributed by atoms with E-state index in [4.69, 9.17) is 13.9 Å². The molecule has 0 saturated heterocycles. The van der Waals surface area contributed by atoms with E-state index in [2.05, 4.69) is 4.72 Å². The van der Waals surface area contributed by atoms with Crippen molar-refractivity contribution in [1.29, 1.82) is 0 Å². The summed E-state index contributed by atoms with van der Waals surface area (Å²) < 4.78 is 43.0. The van der Waals surface area contributed by atoms with Crippen molar-refractivity contribution in [1.82, 2.24) is 4.72 Å². The molecule has 0 bridgehead atoms. The molecule has 1 N–H and O–H groups in total. The Balaban J connectivity index is 1.47. The van der Waals surface area contributed by atoms with Crippen molar-refractivity contribution in [2.75, 3.05) is 7.11 Å². The van der Waals surface area contributed by atoms with E-state index in [1.807, 2.05) is 12.1 Å². The summed E-state index contributed by atoms with van der Waals surface area (Å²) in [6.07, 6.45) is 2.94. The van der Waals surface area contributed by atoms with Gasteiger partial charge in [-0.05, 0) is 73.7 Å². The van der Waals surface area contributed by atoms with Crippen LogP contribution in [-0.4, -0.2) is 27.5 Å². The molecule has 1 aromatic heterocycles. The first-order valence-electron chi connectivity index (χ1n) is 10.2. The van der Waals surface area contributed by atoms with Crippen LogP contribution in [-0.2, 0) is 39.0 Å². The van der Waals surface area contributed by atoms with Crippen LogP contribution in [0.1, 0.15) is 30.0 Å². The van der Waals surface area contributed by atoms with E-state index >= 15 is 0 Å². The van der Waals surface area contributed by atoms with E-state index in [0.717, 1.165) is 24.8 Å². The van der Waals surface area contributed by atoms with E-state index in [9.17, 15) is 18.0 Å². The van der Waals surface area contributed by atoms with Gasteiger partial charge >= 0.3 is 11.6 Å². The Hall–Kier alpha value is -3.17. The average Bonchev–Trinajstić information content (AvgIpc) is 3.22. The topological polar surface area (TPSA) is 112 Å². The molecule has 1 heterocycles. The molecule has 0 unspecified atom stereocenters. The molecule has 1 aliphatic carbocycles. The Labute approximate surface area is 185 Å². The fourth-order valence-electron chi connectivity index (χ4n) is 3.79. The van der Waals surface area contributed by atoms with Gasteiger partial charge in [0.15, 0.2) is 0 Å². The number of methoxy groups -OCH3 is 1. The zero-order chi connectivity index (χ0) is 22.9. The molecule has 1 atom stereocenters. The number of fused-ring (bicyclic) bond motifs is 2. The zero-order valence-corrected chi connectivity index (χ0v) is 18.5. The summed E-state index contributed by atoms with van der Waals surface area (Å²) in [4.78, 5) is 24.4. The van der Waals surface area contributed by atoms with Crippen molar-refractivity contribution in [3.63, 3.8) is 0 Å². The summed E-state index contributed by atoms with van der Waals surface area (Å²) in [6.45, 7) is 1.22. The second-order valence-corrected chi connectivity index (χ2v) is 9.40. The van der Waals surface area contributed by atoms with Crippen LogP contribution in [0, 0.1) is 0 Å². The van der Waals surface area contributed by atoms with Crippen LogP contribution < -0.4 is 15.1 Å². The molecule has 0 saturated carbocycles. The third kappa shape index (κ3) is 4.53. The van der Waals surface area contributed by atoms with E-state index in [-0.39, 0.29) is 11.5 Å². The van der Waals surface area contributed by atoms with Gasteiger partial charge in [-0.2, -0.15) is 4.72 Å². The Morgan fingerprint density at radius 2 is 1.81 bits per heavy atom. The fourth-order valence-corrected chi connectivity index (χ4v) is 4.98. The summed E-state index contributed by atoms with van der Waals surface area (Å²) >= 11 is 0. The minimum absolute atomic E-state index is 0.00142. The zero-order valence-electron chi connectivity index (χ0n) is 17.7. The van der Waals surface area contributed by atoms with Gasteiger partial charge in [-0.15, -0.1) is 0 Å². The maximum absolute atomic E-state index is 12.5. The maximum Gasteiger partial charge on any atom is 0.336 e. The van der Waals surface area contributed by atoms with Crippen molar-refractivity contribution in [2.24, 2.45) is 0 Å². The standard InChI is InChI=1S/C23H23NO7S/c1-14(24-32(27,28)19-8-6-18(29-2)7-9-19)23(26)30-13-17-12-22(25)31-21-11-16-5-3-4-15(16)10-20(17)21/h6-12,14,24H,3-5,13H2,1-2H3/t14-/m0/s1. The molecular weight excluding hydrogens is 434 g/mol. The van der Waals surface area contributed by atoms with Crippen LogP contribution in [0.25, 0.3) is 11.0 Å². The monoisotopic (exact) mass is 457 g/mol. The van der Waals surface area contributed by atoms with Crippen molar-refractivity contribution in [3.8, 4) is 5.75 Å². The Morgan fingerprint density at radius 3 is 2.50 bits per heavy atom. The highest BCUT2D eigenvalue weighted by Crippen LogP contribution is 2.28. The van der Waals surface area contributed by atoms with Gasteiger partial charge < -0.3 is 13.9 Å². The van der Waals surface area contributed by atoms with Gasteiger partial charge in [0.25, 0.3) is 0 Å². The number of benzene rings is 2. The van der Waals surface area contributed by atoms with E-state index in [1.54, 1.807) is 0 Å². The molecule has 4 rings (SSSR count). The summed E-state index contributed by atoms with van der Waals surface area (Å²) in [5.74, 6) is -0.244. The van der Waals surface area contributed by atoms with Crippen LogP contribution >= 0.6 is 0 Å². The van der Waals surface area contributed by atoms with Gasteiger partial charge in [-0.3, -0.25) is 4.79 Å². The molecule has 32 heavy (non-hydrogen) atoms. The van der Waals surface area contributed by atoms with E-state index in [1.165, 1.54) is 49.9 Å². The van der Waals surface area contributed by atoms with Crippen molar-refractivity contribution < 1.29 is 27.1 Å². The van der Waals surface area contributed by atoms with Gasteiger partial charge in [0.1, 0.15) is 24.0 Å². The highest BCUT2D eigenvalue weighted by atomic mass is 32.2. The highest BCUT2D eigenvalue weighted by molar-refractivity contribution is 7.89. The number of nitrogens with one attached hydrogen (secondary N) is 1. The summed E-state index contributed by atoms with van der Waals surface area (Å²) in [7, 11) is -2.45. The van der Waals surface area contributed by atoms with Crippen molar-refractivity contribution in [3.05, 3.63) is 69.6 Å². The molecule has 8 nitrogen and oxygen atoms in total.